The second-order valence-electron chi connectivity index (χ2n) is 6.94. The number of aromatic nitrogens is 1. The highest BCUT2D eigenvalue weighted by Crippen LogP contribution is 2.43. The number of aromatic amines is 1. The van der Waals surface area contributed by atoms with E-state index in [1.54, 1.807) is 0 Å². The molecule has 0 aliphatic carbocycles. The molecule has 1 aromatic heterocycles. The molecule has 4 rings (SSSR count). The number of benzene rings is 2. The van der Waals surface area contributed by atoms with Crippen molar-refractivity contribution in [2.45, 2.75) is 45.2 Å². The van der Waals surface area contributed by atoms with Crippen LogP contribution in [0, 0.1) is 0 Å². The Morgan fingerprint density at radius 2 is 1.84 bits per heavy atom. The summed E-state index contributed by atoms with van der Waals surface area (Å²) >= 11 is 0. The molecule has 2 atom stereocenters. The highest BCUT2D eigenvalue weighted by molar-refractivity contribution is 5.92. The highest BCUT2D eigenvalue weighted by atomic mass is 16.2. The Hall–Kier alpha value is -2.55. The highest BCUT2D eigenvalue weighted by Gasteiger charge is 2.37. The molecule has 0 bridgehead atoms. The van der Waals surface area contributed by atoms with Gasteiger partial charge in [-0.2, -0.15) is 0 Å². The Bertz CT molecular complexity index is 897. The van der Waals surface area contributed by atoms with Crippen LogP contribution in [0.5, 0.6) is 0 Å². The average molecular weight is 332 g/mol. The van der Waals surface area contributed by atoms with Gasteiger partial charge in [-0.15, -0.1) is 0 Å². The number of para-hydroxylation sites is 1. The van der Waals surface area contributed by atoms with Crippen molar-refractivity contribution in [1.82, 2.24) is 9.88 Å². The lowest BCUT2D eigenvalue weighted by Gasteiger charge is -2.31. The smallest absolute Gasteiger partial charge is 0.223 e. The number of carbonyl (C=O) groups excluding carboxylic acids is 1. The molecular weight excluding hydrogens is 308 g/mol. The van der Waals surface area contributed by atoms with Crippen LogP contribution < -0.4 is 0 Å². The van der Waals surface area contributed by atoms with Crippen molar-refractivity contribution in [2.24, 2.45) is 0 Å². The molecule has 1 fully saturated rings. The lowest BCUT2D eigenvalue weighted by atomic mass is 9.96. The number of rotatable bonds is 4. The molecule has 0 saturated carbocycles. The first kappa shape index (κ1) is 15.9. The van der Waals surface area contributed by atoms with Gasteiger partial charge in [0.1, 0.15) is 0 Å². The molecule has 0 radical (unpaired) electrons. The zero-order chi connectivity index (χ0) is 17.4. The van der Waals surface area contributed by atoms with Gasteiger partial charge in [-0.3, -0.25) is 4.79 Å². The van der Waals surface area contributed by atoms with E-state index in [9.17, 15) is 4.79 Å². The van der Waals surface area contributed by atoms with Gasteiger partial charge in [0.05, 0.1) is 11.7 Å². The number of fused-ring (bicyclic) bond motifs is 1. The fourth-order valence-corrected chi connectivity index (χ4v) is 4.08. The summed E-state index contributed by atoms with van der Waals surface area (Å²) in [6.45, 7) is 4.31. The van der Waals surface area contributed by atoms with Gasteiger partial charge < -0.3 is 9.88 Å². The number of likely N-dealkylation sites (tertiary alicyclic amines) is 1. The minimum Gasteiger partial charge on any atom is -0.354 e. The van der Waals surface area contributed by atoms with Gasteiger partial charge in [0.2, 0.25) is 5.91 Å². The quantitative estimate of drug-likeness (QED) is 0.691. The number of hydrogen-bond acceptors (Lipinski definition) is 1. The zero-order valence-electron chi connectivity index (χ0n) is 14.8. The van der Waals surface area contributed by atoms with E-state index >= 15 is 0 Å². The third-order valence-electron chi connectivity index (χ3n) is 5.46. The molecular formula is C22H24N2O. The van der Waals surface area contributed by atoms with Crippen LogP contribution in [-0.4, -0.2) is 21.8 Å². The molecule has 3 aromatic rings. The maximum absolute atomic E-state index is 12.6. The number of nitrogens with zero attached hydrogens (tertiary/aromatic N) is 1. The largest absolute Gasteiger partial charge is 0.354 e. The van der Waals surface area contributed by atoms with Gasteiger partial charge in [-0.25, -0.2) is 0 Å². The standard InChI is InChI=1S/C22H24N2O/c1-3-15(2)24-19(13-14-20(24)25)21-17-11-7-8-12-18(17)23-22(21)16-9-5-4-6-10-16/h4-12,15,19,23H,3,13-14H2,1-2H3/t15-,19-/m1/s1. The SMILES string of the molecule is CC[C@@H](C)N1C(=O)CC[C@@H]1c1c(-c2ccccc2)[nH]c2ccccc12. The summed E-state index contributed by atoms with van der Waals surface area (Å²) in [7, 11) is 0. The monoisotopic (exact) mass is 332 g/mol. The lowest BCUT2D eigenvalue weighted by molar-refractivity contribution is -0.131. The molecule has 0 unspecified atom stereocenters. The van der Waals surface area contributed by atoms with Crippen LogP contribution in [0.4, 0.5) is 0 Å². The summed E-state index contributed by atoms with van der Waals surface area (Å²) in [5.41, 5.74) is 4.74. The first-order chi connectivity index (χ1) is 12.2. The molecule has 3 nitrogen and oxygen atoms in total. The maximum Gasteiger partial charge on any atom is 0.223 e. The van der Waals surface area contributed by atoms with E-state index in [-0.39, 0.29) is 18.0 Å². The fraction of sp³-hybridized carbons (Fsp3) is 0.318. The first-order valence-corrected chi connectivity index (χ1v) is 9.18. The molecule has 1 amide bonds. The van der Waals surface area contributed by atoms with E-state index in [1.807, 2.05) is 6.07 Å². The van der Waals surface area contributed by atoms with Crippen LogP contribution in [0.1, 0.15) is 44.7 Å². The average Bonchev–Trinajstić information content (AvgIpc) is 3.22. The van der Waals surface area contributed by atoms with Crippen LogP contribution in [0.3, 0.4) is 0 Å². The zero-order valence-corrected chi connectivity index (χ0v) is 14.8. The van der Waals surface area contributed by atoms with Crippen LogP contribution in [0.25, 0.3) is 22.2 Å². The third-order valence-corrected chi connectivity index (χ3v) is 5.46. The molecule has 3 heteroatoms. The lowest BCUT2D eigenvalue weighted by Crippen LogP contribution is -2.35. The molecule has 2 heterocycles. The molecule has 1 saturated heterocycles. The van der Waals surface area contributed by atoms with Gasteiger partial charge in [0.15, 0.2) is 0 Å². The third kappa shape index (κ3) is 2.64. The van der Waals surface area contributed by atoms with E-state index in [4.69, 9.17) is 0 Å². The predicted molar refractivity (Wildman–Crippen MR) is 102 cm³/mol. The van der Waals surface area contributed by atoms with Gasteiger partial charge in [-0.1, -0.05) is 55.5 Å². The Morgan fingerprint density at radius 1 is 1.12 bits per heavy atom. The van der Waals surface area contributed by atoms with E-state index in [0.717, 1.165) is 24.1 Å². The minimum absolute atomic E-state index is 0.147. The Kier molecular flexibility index (Phi) is 4.08. The normalized spacial score (nSPS) is 18.9. The van der Waals surface area contributed by atoms with Crippen LogP contribution >= 0.6 is 0 Å². The van der Waals surface area contributed by atoms with Crippen LogP contribution in [0.15, 0.2) is 54.6 Å². The van der Waals surface area contributed by atoms with E-state index in [0.29, 0.717) is 6.42 Å². The summed E-state index contributed by atoms with van der Waals surface area (Å²) in [5, 5.41) is 1.23. The van der Waals surface area contributed by atoms with Gasteiger partial charge >= 0.3 is 0 Å². The van der Waals surface area contributed by atoms with Crippen molar-refractivity contribution in [3.8, 4) is 11.3 Å². The molecule has 1 aliphatic rings. The predicted octanol–water partition coefficient (Wildman–Crippen LogP) is 5.30. The van der Waals surface area contributed by atoms with E-state index in [2.05, 4.69) is 72.3 Å². The van der Waals surface area contributed by atoms with Gasteiger partial charge in [0.25, 0.3) is 0 Å². The topological polar surface area (TPSA) is 36.1 Å². The Balaban J connectivity index is 1.92. The molecule has 2 aromatic carbocycles. The number of hydrogen-bond donors (Lipinski definition) is 1. The van der Waals surface area contributed by atoms with Gasteiger partial charge in [-0.05, 0) is 31.4 Å². The summed E-state index contributed by atoms with van der Waals surface area (Å²) in [6, 6.07) is 19.3. The molecule has 128 valence electrons. The number of amides is 1. The number of nitrogens with one attached hydrogen (secondary N) is 1. The fourth-order valence-electron chi connectivity index (χ4n) is 4.08. The summed E-state index contributed by atoms with van der Waals surface area (Å²) in [6.07, 6.45) is 2.51. The second-order valence-corrected chi connectivity index (χ2v) is 6.94. The minimum atomic E-state index is 0.147. The van der Waals surface area contributed by atoms with Crippen LogP contribution in [-0.2, 0) is 4.79 Å². The first-order valence-electron chi connectivity index (χ1n) is 9.18. The number of H-pyrrole nitrogens is 1. The molecule has 1 N–H and O–H groups in total. The summed E-state index contributed by atoms with van der Waals surface area (Å²) < 4.78 is 0. The van der Waals surface area contributed by atoms with Crippen molar-refractivity contribution in [3.05, 3.63) is 60.2 Å². The van der Waals surface area contributed by atoms with Crippen LogP contribution in [0.2, 0.25) is 0 Å². The Morgan fingerprint density at radius 3 is 2.60 bits per heavy atom. The summed E-state index contributed by atoms with van der Waals surface area (Å²) in [4.78, 5) is 18.3. The van der Waals surface area contributed by atoms with E-state index < -0.39 is 0 Å². The van der Waals surface area contributed by atoms with Gasteiger partial charge in [0, 0.05) is 28.9 Å². The molecule has 0 spiro atoms. The maximum atomic E-state index is 12.6. The Labute approximate surface area is 148 Å². The van der Waals surface area contributed by atoms with Crippen molar-refractivity contribution in [3.63, 3.8) is 0 Å². The van der Waals surface area contributed by atoms with Crippen molar-refractivity contribution < 1.29 is 4.79 Å². The van der Waals surface area contributed by atoms with Crippen molar-refractivity contribution in [1.29, 1.82) is 0 Å². The summed E-state index contributed by atoms with van der Waals surface area (Å²) in [5.74, 6) is 0.281. The molecule has 1 aliphatic heterocycles. The van der Waals surface area contributed by atoms with Crippen molar-refractivity contribution >= 4 is 16.8 Å². The van der Waals surface area contributed by atoms with Crippen molar-refractivity contribution in [2.75, 3.05) is 0 Å². The molecule has 25 heavy (non-hydrogen) atoms. The number of carbonyl (C=O) groups is 1. The van der Waals surface area contributed by atoms with E-state index in [1.165, 1.54) is 16.5 Å². The second kappa shape index (κ2) is 6.40.